The molecule has 0 radical (unpaired) electrons. The van der Waals surface area contributed by atoms with Crippen LogP contribution in [0.1, 0.15) is 41.5 Å². The fraction of sp³-hybridized carbons (Fsp3) is 1.00. The molecule has 0 rings (SSSR count). The molecule has 0 spiro atoms. The topological polar surface area (TPSA) is 3.24 Å². The zero-order chi connectivity index (χ0) is 12.2. The Morgan fingerprint density at radius 1 is 1.13 bits per heavy atom. The zero-order valence-electron chi connectivity index (χ0n) is 11.5. The highest BCUT2D eigenvalue weighted by Crippen LogP contribution is 2.25. The van der Waals surface area contributed by atoms with E-state index in [0.717, 1.165) is 17.2 Å². The molecule has 92 valence electrons. The molecule has 0 heterocycles. The van der Waals surface area contributed by atoms with Crippen molar-refractivity contribution in [2.75, 3.05) is 18.9 Å². The van der Waals surface area contributed by atoms with Crippen molar-refractivity contribution in [2.24, 2.45) is 17.3 Å². The van der Waals surface area contributed by atoms with Gasteiger partial charge in [0, 0.05) is 17.9 Å². The van der Waals surface area contributed by atoms with Crippen molar-refractivity contribution in [1.29, 1.82) is 0 Å². The van der Waals surface area contributed by atoms with Gasteiger partial charge in [-0.2, -0.15) is 0 Å². The normalized spacial score (nSPS) is 17.2. The van der Waals surface area contributed by atoms with Gasteiger partial charge in [-0.15, -0.1) is 0 Å². The minimum Gasteiger partial charge on any atom is -0.303 e. The van der Waals surface area contributed by atoms with Gasteiger partial charge in [0.2, 0.25) is 0 Å². The van der Waals surface area contributed by atoms with E-state index in [1.54, 1.807) is 0 Å². The standard InChI is InChI=1S/C13H28BrN/c1-10(2)12(8-14)9-15(7)11(3)13(4,5)6/h10-12H,8-9H2,1-7H3. The van der Waals surface area contributed by atoms with Gasteiger partial charge in [-0.05, 0) is 31.2 Å². The van der Waals surface area contributed by atoms with Crippen molar-refractivity contribution >= 4 is 15.9 Å². The molecule has 0 N–H and O–H groups in total. The van der Waals surface area contributed by atoms with E-state index in [9.17, 15) is 0 Å². The quantitative estimate of drug-likeness (QED) is 0.687. The Morgan fingerprint density at radius 3 is 1.87 bits per heavy atom. The van der Waals surface area contributed by atoms with Crippen LogP contribution in [0.25, 0.3) is 0 Å². The van der Waals surface area contributed by atoms with Crippen LogP contribution in [-0.2, 0) is 0 Å². The second-order valence-electron chi connectivity index (χ2n) is 6.14. The highest BCUT2D eigenvalue weighted by Gasteiger charge is 2.25. The third-order valence-corrected chi connectivity index (χ3v) is 4.41. The molecule has 2 atom stereocenters. The van der Waals surface area contributed by atoms with Crippen LogP contribution in [0.3, 0.4) is 0 Å². The summed E-state index contributed by atoms with van der Waals surface area (Å²) in [5.74, 6) is 1.50. The second-order valence-corrected chi connectivity index (χ2v) is 6.79. The summed E-state index contributed by atoms with van der Waals surface area (Å²) in [4.78, 5) is 2.49. The summed E-state index contributed by atoms with van der Waals surface area (Å²) in [5, 5.41) is 1.10. The fourth-order valence-corrected chi connectivity index (χ4v) is 2.58. The Balaban J connectivity index is 4.28. The minimum absolute atomic E-state index is 0.364. The Labute approximate surface area is 105 Å². The van der Waals surface area contributed by atoms with E-state index in [-0.39, 0.29) is 0 Å². The van der Waals surface area contributed by atoms with Crippen LogP contribution in [0, 0.1) is 17.3 Å². The van der Waals surface area contributed by atoms with Crippen LogP contribution in [0.2, 0.25) is 0 Å². The average Bonchev–Trinajstić information content (AvgIpc) is 2.10. The minimum atomic E-state index is 0.364. The summed E-state index contributed by atoms with van der Waals surface area (Å²) in [7, 11) is 2.24. The van der Waals surface area contributed by atoms with E-state index >= 15 is 0 Å². The lowest BCUT2D eigenvalue weighted by Gasteiger charge is -2.37. The molecule has 0 aromatic carbocycles. The Bertz CT molecular complexity index is 172. The van der Waals surface area contributed by atoms with Gasteiger partial charge in [0.05, 0.1) is 0 Å². The molecule has 15 heavy (non-hydrogen) atoms. The van der Waals surface area contributed by atoms with Crippen molar-refractivity contribution in [3.63, 3.8) is 0 Å². The Morgan fingerprint density at radius 2 is 1.60 bits per heavy atom. The number of hydrogen-bond acceptors (Lipinski definition) is 1. The van der Waals surface area contributed by atoms with Crippen LogP contribution in [0.4, 0.5) is 0 Å². The van der Waals surface area contributed by atoms with Gasteiger partial charge in [0.15, 0.2) is 0 Å². The third kappa shape index (κ3) is 5.35. The SMILES string of the molecule is CC(C)C(CBr)CN(C)C(C)C(C)(C)C. The molecule has 0 amide bonds. The highest BCUT2D eigenvalue weighted by atomic mass is 79.9. The van der Waals surface area contributed by atoms with E-state index in [1.165, 1.54) is 6.54 Å². The van der Waals surface area contributed by atoms with Crippen molar-refractivity contribution in [3.8, 4) is 0 Å². The van der Waals surface area contributed by atoms with Gasteiger partial charge < -0.3 is 4.90 Å². The summed E-state index contributed by atoms with van der Waals surface area (Å²) in [5.41, 5.74) is 0.364. The fourth-order valence-electron chi connectivity index (χ4n) is 1.63. The second kappa shape index (κ2) is 6.24. The molecule has 2 unspecified atom stereocenters. The molecular formula is C13H28BrN. The molecule has 0 saturated heterocycles. The van der Waals surface area contributed by atoms with Crippen molar-refractivity contribution in [2.45, 2.75) is 47.6 Å². The van der Waals surface area contributed by atoms with Crippen molar-refractivity contribution in [3.05, 3.63) is 0 Å². The molecular weight excluding hydrogens is 250 g/mol. The maximum atomic E-state index is 3.62. The Kier molecular flexibility index (Phi) is 6.43. The lowest BCUT2D eigenvalue weighted by molar-refractivity contribution is 0.117. The number of halogens is 1. The Hall–Kier alpha value is 0.440. The molecule has 0 aliphatic heterocycles. The van der Waals surface area contributed by atoms with E-state index < -0.39 is 0 Å². The first-order chi connectivity index (χ1) is 6.70. The van der Waals surface area contributed by atoms with Gasteiger partial charge >= 0.3 is 0 Å². The van der Waals surface area contributed by atoms with Gasteiger partial charge in [0.1, 0.15) is 0 Å². The van der Waals surface area contributed by atoms with Crippen LogP contribution in [-0.4, -0.2) is 29.9 Å². The smallest absolute Gasteiger partial charge is 0.0112 e. The van der Waals surface area contributed by atoms with E-state index in [2.05, 4.69) is 69.4 Å². The first-order valence-electron chi connectivity index (χ1n) is 5.96. The zero-order valence-corrected chi connectivity index (χ0v) is 13.1. The number of nitrogens with zero attached hydrogens (tertiary/aromatic N) is 1. The number of hydrogen-bond donors (Lipinski definition) is 0. The first-order valence-corrected chi connectivity index (χ1v) is 7.08. The van der Waals surface area contributed by atoms with Gasteiger partial charge in [0.25, 0.3) is 0 Å². The molecule has 0 aliphatic rings. The summed E-state index contributed by atoms with van der Waals surface area (Å²) in [6, 6.07) is 0.623. The van der Waals surface area contributed by atoms with Gasteiger partial charge in [-0.25, -0.2) is 0 Å². The van der Waals surface area contributed by atoms with Crippen molar-refractivity contribution < 1.29 is 0 Å². The monoisotopic (exact) mass is 277 g/mol. The predicted octanol–water partition coefficient (Wildman–Crippen LogP) is 4.02. The summed E-state index contributed by atoms with van der Waals surface area (Å²) < 4.78 is 0. The molecule has 0 aromatic rings. The van der Waals surface area contributed by atoms with Gasteiger partial charge in [-0.1, -0.05) is 50.5 Å². The summed E-state index contributed by atoms with van der Waals surface area (Å²) in [6.45, 7) is 15.1. The van der Waals surface area contributed by atoms with E-state index in [4.69, 9.17) is 0 Å². The molecule has 0 aliphatic carbocycles. The maximum absolute atomic E-state index is 3.62. The molecule has 0 aromatic heterocycles. The van der Waals surface area contributed by atoms with E-state index in [0.29, 0.717) is 11.5 Å². The average molecular weight is 278 g/mol. The highest BCUT2D eigenvalue weighted by molar-refractivity contribution is 9.09. The molecule has 1 nitrogen and oxygen atoms in total. The number of alkyl halides is 1. The van der Waals surface area contributed by atoms with Crippen LogP contribution in [0.15, 0.2) is 0 Å². The molecule has 0 saturated carbocycles. The molecule has 0 fully saturated rings. The van der Waals surface area contributed by atoms with Crippen LogP contribution >= 0.6 is 15.9 Å². The lowest BCUT2D eigenvalue weighted by Crippen LogP contribution is -2.42. The van der Waals surface area contributed by atoms with E-state index in [1.807, 2.05) is 0 Å². The molecule has 2 heteroatoms. The van der Waals surface area contributed by atoms with Crippen LogP contribution < -0.4 is 0 Å². The predicted molar refractivity (Wildman–Crippen MR) is 73.7 cm³/mol. The largest absolute Gasteiger partial charge is 0.303 e. The van der Waals surface area contributed by atoms with Gasteiger partial charge in [-0.3, -0.25) is 0 Å². The lowest BCUT2D eigenvalue weighted by atomic mass is 9.86. The first kappa shape index (κ1) is 15.4. The third-order valence-electron chi connectivity index (χ3n) is 3.58. The molecule has 0 bridgehead atoms. The summed E-state index contributed by atoms with van der Waals surface area (Å²) in [6.07, 6.45) is 0. The van der Waals surface area contributed by atoms with Crippen molar-refractivity contribution in [1.82, 2.24) is 4.90 Å². The maximum Gasteiger partial charge on any atom is 0.0112 e. The summed E-state index contributed by atoms with van der Waals surface area (Å²) >= 11 is 3.62. The van der Waals surface area contributed by atoms with Crippen LogP contribution in [0.5, 0.6) is 0 Å². The number of rotatable bonds is 5.